The van der Waals surface area contributed by atoms with E-state index in [1.165, 1.54) is 12.2 Å². The number of hydrogen-bond donors (Lipinski definition) is 1. The van der Waals surface area contributed by atoms with E-state index >= 15 is 0 Å². The number of hydrogen-bond acceptors (Lipinski definition) is 6. The van der Waals surface area contributed by atoms with Gasteiger partial charge in [0, 0.05) is 25.3 Å². The van der Waals surface area contributed by atoms with Gasteiger partial charge in [-0.2, -0.15) is 16.7 Å². The van der Waals surface area contributed by atoms with Crippen LogP contribution in [0.1, 0.15) is 31.0 Å². The van der Waals surface area contributed by atoms with Crippen molar-refractivity contribution in [1.82, 2.24) is 15.5 Å². The van der Waals surface area contributed by atoms with Crippen LogP contribution in [-0.4, -0.2) is 39.9 Å². The molecule has 0 saturated carbocycles. The lowest BCUT2D eigenvalue weighted by molar-refractivity contribution is -0.0703. The van der Waals surface area contributed by atoms with Crippen molar-refractivity contribution in [2.75, 3.05) is 18.1 Å². The van der Waals surface area contributed by atoms with Crippen LogP contribution < -0.4 is 5.32 Å². The third-order valence-corrected chi connectivity index (χ3v) is 4.90. The van der Waals surface area contributed by atoms with E-state index in [9.17, 15) is 0 Å². The van der Waals surface area contributed by atoms with E-state index in [2.05, 4.69) is 15.5 Å². The summed E-state index contributed by atoms with van der Waals surface area (Å²) in [5, 5.41) is 7.43. The lowest BCUT2D eigenvalue weighted by atomic mass is 9.90. The molecule has 100 valence electrons. The van der Waals surface area contributed by atoms with Crippen molar-refractivity contribution in [3.63, 3.8) is 0 Å². The SMILES string of the molecule is Cc1nc(CNC2CCOC3(CCSC3)C2)no1. The Morgan fingerprint density at radius 3 is 3.22 bits per heavy atom. The second-order valence-corrected chi connectivity index (χ2v) is 6.24. The Hall–Kier alpha value is -0.590. The predicted octanol–water partition coefficient (Wildman–Crippen LogP) is 1.52. The molecule has 0 aromatic carbocycles. The number of aryl methyl sites for hydroxylation is 1. The lowest BCUT2D eigenvalue weighted by Gasteiger charge is -2.38. The molecule has 3 rings (SSSR count). The standard InChI is InChI=1S/C12H19N3O2S/c1-9-14-11(15-17-9)7-13-10-2-4-16-12(6-10)3-5-18-8-12/h10,13H,2-8H2,1H3. The molecule has 2 fully saturated rings. The fraction of sp³-hybridized carbons (Fsp3) is 0.833. The number of aromatic nitrogens is 2. The zero-order valence-electron chi connectivity index (χ0n) is 10.6. The first-order valence-corrected chi connectivity index (χ1v) is 7.66. The molecule has 2 atom stereocenters. The minimum Gasteiger partial charge on any atom is -0.374 e. The van der Waals surface area contributed by atoms with E-state index < -0.39 is 0 Å². The first-order chi connectivity index (χ1) is 8.76. The smallest absolute Gasteiger partial charge is 0.223 e. The Morgan fingerprint density at radius 2 is 2.50 bits per heavy atom. The third-order valence-electron chi connectivity index (χ3n) is 3.68. The van der Waals surface area contributed by atoms with E-state index in [0.717, 1.165) is 31.0 Å². The number of ether oxygens (including phenoxy) is 1. The molecule has 1 aromatic heterocycles. The van der Waals surface area contributed by atoms with Gasteiger partial charge in [-0.15, -0.1) is 0 Å². The van der Waals surface area contributed by atoms with Gasteiger partial charge in [0.05, 0.1) is 12.1 Å². The molecule has 2 saturated heterocycles. The van der Waals surface area contributed by atoms with Crippen LogP contribution in [0.3, 0.4) is 0 Å². The van der Waals surface area contributed by atoms with Gasteiger partial charge in [0.25, 0.3) is 0 Å². The van der Waals surface area contributed by atoms with E-state index in [4.69, 9.17) is 9.26 Å². The van der Waals surface area contributed by atoms with Crippen molar-refractivity contribution in [1.29, 1.82) is 0 Å². The summed E-state index contributed by atoms with van der Waals surface area (Å²) >= 11 is 2.01. The number of nitrogens with one attached hydrogen (secondary N) is 1. The van der Waals surface area contributed by atoms with E-state index in [-0.39, 0.29) is 5.60 Å². The topological polar surface area (TPSA) is 60.2 Å². The highest BCUT2D eigenvalue weighted by molar-refractivity contribution is 7.99. The Bertz CT molecular complexity index is 404. The van der Waals surface area contributed by atoms with Gasteiger partial charge in [-0.1, -0.05) is 5.16 Å². The van der Waals surface area contributed by atoms with Crippen molar-refractivity contribution in [3.8, 4) is 0 Å². The molecule has 0 amide bonds. The van der Waals surface area contributed by atoms with E-state index in [1.54, 1.807) is 0 Å². The second kappa shape index (κ2) is 5.19. The number of nitrogens with zero attached hydrogens (tertiary/aromatic N) is 2. The first-order valence-electron chi connectivity index (χ1n) is 6.50. The van der Waals surface area contributed by atoms with Crippen molar-refractivity contribution in [3.05, 3.63) is 11.7 Å². The van der Waals surface area contributed by atoms with Crippen LogP contribution >= 0.6 is 11.8 Å². The molecule has 0 radical (unpaired) electrons. The molecule has 3 heterocycles. The van der Waals surface area contributed by atoms with Crippen molar-refractivity contribution in [2.45, 2.75) is 44.4 Å². The molecule has 1 aromatic rings. The molecule has 2 aliphatic heterocycles. The molecule has 0 aliphatic carbocycles. The second-order valence-electron chi connectivity index (χ2n) is 5.13. The highest BCUT2D eigenvalue weighted by atomic mass is 32.2. The summed E-state index contributed by atoms with van der Waals surface area (Å²) in [5.41, 5.74) is 0.133. The fourth-order valence-electron chi connectivity index (χ4n) is 2.71. The van der Waals surface area contributed by atoms with Gasteiger partial charge >= 0.3 is 0 Å². The van der Waals surface area contributed by atoms with Crippen LogP contribution in [0.25, 0.3) is 0 Å². The molecule has 1 N–H and O–H groups in total. The normalized spacial score (nSPS) is 32.2. The summed E-state index contributed by atoms with van der Waals surface area (Å²) in [6, 6.07) is 0.510. The predicted molar refractivity (Wildman–Crippen MR) is 69.5 cm³/mol. The monoisotopic (exact) mass is 269 g/mol. The summed E-state index contributed by atoms with van der Waals surface area (Å²) in [4.78, 5) is 4.21. The van der Waals surface area contributed by atoms with E-state index in [1.807, 2.05) is 18.7 Å². The lowest BCUT2D eigenvalue weighted by Crippen LogP contribution is -2.47. The maximum atomic E-state index is 6.00. The minimum atomic E-state index is 0.133. The van der Waals surface area contributed by atoms with Gasteiger partial charge in [-0.3, -0.25) is 0 Å². The maximum Gasteiger partial charge on any atom is 0.223 e. The summed E-state index contributed by atoms with van der Waals surface area (Å²) in [5.74, 6) is 3.75. The Morgan fingerprint density at radius 1 is 1.56 bits per heavy atom. The summed E-state index contributed by atoms with van der Waals surface area (Å²) in [6.07, 6.45) is 3.37. The third kappa shape index (κ3) is 2.70. The number of rotatable bonds is 3. The summed E-state index contributed by atoms with van der Waals surface area (Å²) in [7, 11) is 0. The van der Waals surface area contributed by atoms with Gasteiger partial charge in [-0.05, 0) is 25.0 Å². The van der Waals surface area contributed by atoms with Crippen molar-refractivity contribution < 1.29 is 9.26 Å². The van der Waals surface area contributed by atoms with E-state index in [0.29, 0.717) is 18.5 Å². The molecule has 0 bridgehead atoms. The van der Waals surface area contributed by atoms with Gasteiger partial charge in [0.2, 0.25) is 5.89 Å². The number of thioether (sulfide) groups is 1. The van der Waals surface area contributed by atoms with Crippen LogP contribution in [0.2, 0.25) is 0 Å². The van der Waals surface area contributed by atoms with Crippen LogP contribution in [0.4, 0.5) is 0 Å². The van der Waals surface area contributed by atoms with Gasteiger partial charge in [-0.25, -0.2) is 0 Å². The van der Waals surface area contributed by atoms with Crippen molar-refractivity contribution in [2.24, 2.45) is 0 Å². The zero-order chi connectivity index (χ0) is 12.4. The first kappa shape index (κ1) is 12.4. The molecule has 1 spiro atoms. The average molecular weight is 269 g/mol. The fourth-order valence-corrected chi connectivity index (χ4v) is 4.09. The van der Waals surface area contributed by atoms with Crippen LogP contribution in [0, 0.1) is 6.92 Å². The van der Waals surface area contributed by atoms with Crippen molar-refractivity contribution >= 4 is 11.8 Å². The molecular weight excluding hydrogens is 250 g/mol. The van der Waals surface area contributed by atoms with Gasteiger partial charge in [0.1, 0.15) is 0 Å². The highest BCUT2D eigenvalue weighted by Crippen LogP contribution is 2.38. The quantitative estimate of drug-likeness (QED) is 0.898. The minimum absolute atomic E-state index is 0.133. The van der Waals surface area contributed by atoms with Crippen LogP contribution in [-0.2, 0) is 11.3 Å². The molecular formula is C12H19N3O2S. The largest absolute Gasteiger partial charge is 0.374 e. The Kier molecular flexibility index (Phi) is 3.59. The average Bonchev–Trinajstić information content (AvgIpc) is 2.97. The summed E-state index contributed by atoms with van der Waals surface area (Å²) in [6.45, 7) is 3.37. The Labute approximate surface area is 111 Å². The maximum absolute atomic E-state index is 6.00. The zero-order valence-corrected chi connectivity index (χ0v) is 11.5. The van der Waals surface area contributed by atoms with Gasteiger partial charge in [0.15, 0.2) is 5.82 Å². The van der Waals surface area contributed by atoms with Gasteiger partial charge < -0.3 is 14.6 Å². The molecule has 18 heavy (non-hydrogen) atoms. The molecule has 6 heteroatoms. The summed E-state index contributed by atoms with van der Waals surface area (Å²) < 4.78 is 11.0. The molecule has 2 unspecified atom stereocenters. The highest BCUT2D eigenvalue weighted by Gasteiger charge is 2.40. The molecule has 2 aliphatic rings. The van der Waals surface area contributed by atoms with Crippen LogP contribution in [0.5, 0.6) is 0 Å². The molecule has 5 nitrogen and oxygen atoms in total. The van der Waals surface area contributed by atoms with Crippen LogP contribution in [0.15, 0.2) is 4.52 Å². The Balaban J connectivity index is 1.53.